The van der Waals surface area contributed by atoms with Gasteiger partial charge in [-0.3, -0.25) is 0 Å². The van der Waals surface area contributed by atoms with Gasteiger partial charge in [0, 0.05) is 31.9 Å². The molecule has 0 bridgehead atoms. The smallest absolute Gasteiger partial charge is 0.248 e. The van der Waals surface area contributed by atoms with E-state index >= 15 is 0 Å². The average molecular weight is 335 g/mol. The Balaban J connectivity index is 1.80. The lowest BCUT2D eigenvalue weighted by Gasteiger charge is -2.23. The molecule has 1 aliphatic heterocycles. The molecule has 0 unspecified atom stereocenters. The highest BCUT2D eigenvalue weighted by atomic mass is 32.2. The van der Waals surface area contributed by atoms with Crippen LogP contribution in [0.2, 0.25) is 0 Å². The van der Waals surface area contributed by atoms with Crippen molar-refractivity contribution in [2.45, 2.75) is 25.2 Å². The van der Waals surface area contributed by atoms with Crippen molar-refractivity contribution in [1.29, 1.82) is 0 Å². The number of aromatic nitrogens is 1. The van der Waals surface area contributed by atoms with Gasteiger partial charge in [-0.25, -0.2) is 8.42 Å². The minimum atomic E-state index is -3.56. The first-order valence-corrected chi connectivity index (χ1v) is 9.17. The minimum absolute atomic E-state index is 0.214. The molecule has 1 aromatic heterocycles. The summed E-state index contributed by atoms with van der Waals surface area (Å²) in [6, 6.07) is 10.1. The number of rotatable bonds is 3. The van der Waals surface area contributed by atoms with E-state index in [4.69, 9.17) is 4.52 Å². The minimum Gasteiger partial charge on any atom is -0.370 e. The van der Waals surface area contributed by atoms with Gasteiger partial charge < -0.3 is 9.42 Å². The van der Waals surface area contributed by atoms with Crippen molar-refractivity contribution >= 4 is 15.7 Å². The van der Waals surface area contributed by atoms with Crippen LogP contribution in [0, 0.1) is 13.8 Å². The molecule has 0 atom stereocenters. The molecular weight excluding hydrogens is 314 g/mol. The summed E-state index contributed by atoms with van der Waals surface area (Å²) in [6.45, 7) is 5.79. The van der Waals surface area contributed by atoms with Crippen molar-refractivity contribution in [3.8, 4) is 0 Å². The Morgan fingerprint density at radius 3 is 2.43 bits per heavy atom. The third-order valence-corrected chi connectivity index (χ3v) is 6.29. The molecule has 0 N–H and O–H groups in total. The maximum atomic E-state index is 12.9. The standard InChI is InChI=1S/C16H21N3O3S/c1-13-16(14(2)22-17-13)23(20,21)19-10-6-9-18(11-12-19)15-7-4-3-5-8-15/h3-5,7-8H,6,9-12H2,1-2H3. The van der Waals surface area contributed by atoms with Gasteiger partial charge in [-0.15, -0.1) is 0 Å². The second kappa shape index (κ2) is 6.33. The predicted molar refractivity (Wildman–Crippen MR) is 88.0 cm³/mol. The molecule has 0 spiro atoms. The van der Waals surface area contributed by atoms with Crippen molar-refractivity contribution < 1.29 is 12.9 Å². The summed E-state index contributed by atoms with van der Waals surface area (Å²) in [6.07, 6.45) is 0.789. The first-order chi connectivity index (χ1) is 11.0. The lowest BCUT2D eigenvalue weighted by Crippen LogP contribution is -2.35. The van der Waals surface area contributed by atoms with Gasteiger partial charge in [-0.05, 0) is 32.4 Å². The number of benzene rings is 1. The third-order valence-electron chi connectivity index (χ3n) is 4.14. The van der Waals surface area contributed by atoms with Gasteiger partial charge in [0.25, 0.3) is 0 Å². The molecule has 1 aliphatic rings. The SMILES string of the molecule is Cc1noc(C)c1S(=O)(=O)N1CCCN(c2ccccc2)CC1. The molecule has 0 radical (unpaired) electrons. The Morgan fingerprint density at radius 2 is 1.78 bits per heavy atom. The van der Waals surface area contributed by atoms with E-state index < -0.39 is 10.0 Å². The second-order valence-corrected chi connectivity index (χ2v) is 7.61. The van der Waals surface area contributed by atoms with Crippen LogP contribution in [0.25, 0.3) is 0 Å². The van der Waals surface area contributed by atoms with Crippen LogP contribution in [0.3, 0.4) is 0 Å². The summed E-state index contributed by atoms with van der Waals surface area (Å²) >= 11 is 0. The summed E-state index contributed by atoms with van der Waals surface area (Å²) in [5, 5.41) is 3.77. The zero-order valence-corrected chi connectivity index (χ0v) is 14.2. The van der Waals surface area contributed by atoms with Gasteiger partial charge in [-0.1, -0.05) is 23.4 Å². The highest BCUT2D eigenvalue weighted by molar-refractivity contribution is 7.89. The van der Waals surface area contributed by atoms with Crippen LogP contribution in [-0.4, -0.2) is 44.1 Å². The number of sulfonamides is 1. The Kier molecular flexibility index (Phi) is 4.41. The molecule has 0 saturated carbocycles. The number of para-hydroxylation sites is 1. The normalized spacial score (nSPS) is 17.2. The summed E-state index contributed by atoms with van der Waals surface area (Å²) in [5.41, 5.74) is 1.55. The van der Waals surface area contributed by atoms with Crippen LogP contribution in [0.4, 0.5) is 5.69 Å². The topological polar surface area (TPSA) is 66.7 Å². The van der Waals surface area contributed by atoms with E-state index in [-0.39, 0.29) is 4.90 Å². The maximum Gasteiger partial charge on any atom is 0.248 e. The van der Waals surface area contributed by atoms with Gasteiger partial charge in [0.1, 0.15) is 10.6 Å². The fraction of sp³-hybridized carbons (Fsp3) is 0.438. The summed E-state index contributed by atoms with van der Waals surface area (Å²) in [4.78, 5) is 2.44. The molecular formula is C16H21N3O3S. The van der Waals surface area contributed by atoms with Crippen molar-refractivity contribution in [3.63, 3.8) is 0 Å². The van der Waals surface area contributed by atoms with E-state index in [2.05, 4.69) is 22.2 Å². The van der Waals surface area contributed by atoms with Crippen LogP contribution < -0.4 is 4.90 Å². The summed E-state index contributed by atoms with van der Waals surface area (Å²) in [5.74, 6) is 0.353. The number of nitrogens with zero attached hydrogens (tertiary/aromatic N) is 3. The van der Waals surface area contributed by atoms with Crippen LogP contribution in [0.1, 0.15) is 17.9 Å². The molecule has 23 heavy (non-hydrogen) atoms. The van der Waals surface area contributed by atoms with E-state index in [0.717, 1.165) is 18.7 Å². The summed E-state index contributed by atoms with van der Waals surface area (Å²) in [7, 11) is -3.56. The second-order valence-electron chi connectivity index (χ2n) is 5.73. The van der Waals surface area contributed by atoms with E-state index in [1.807, 2.05) is 18.2 Å². The molecule has 1 aromatic carbocycles. The van der Waals surface area contributed by atoms with Gasteiger partial charge in [0.2, 0.25) is 10.0 Å². The van der Waals surface area contributed by atoms with E-state index in [1.54, 1.807) is 18.2 Å². The largest absolute Gasteiger partial charge is 0.370 e. The third kappa shape index (κ3) is 3.11. The fourth-order valence-electron chi connectivity index (χ4n) is 3.00. The van der Waals surface area contributed by atoms with Crippen molar-refractivity contribution in [3.05, 3.63) is 41.8 Å². The lowest BCUT2D eigenvalue weighted by atomic mass is 10.3. The Morgan fingerprint density at radius 1 is 1.04 bits per heavy atom. The highest BCUT2D eigenvalue weighted by Gasteiger charge is 2.32. The van der Waals surface area contributed by atoms with Crippen LogP contribution in [0.15, 0.2) is 39.8 Å². The Labute approximate surface area is 136 Å². The van der Waals surface area contributed by atoms with Crippen LogP contribution >= 0.6 is 0 Å². The number of hydrogen-bond acceptors (Lipinski definition) is 5. The average Bonchev–Trinajstić information content (AvgIpc) is 2.76. The molecule has 124 valence electrons. The van der Waals surface area contributed by atoms with E-state index in [1.165, 1.54) is 0 Å². The molecule has 0 aliphatic carbocycles. The molecule has 6 nitrogen and oxygen atoms in total. The molecule has 2 aromatic rings. The summed E-state index contributed by atoms with van der Waals surface area (Å²) < 4.78 is 32.4. The number of aryl methyl sites for hydroxylation is 2. The Hall–Kier alpha value is -1.86. The fourth-order valence-corrected chi connectivity index (χ4v) is 4.76. The molecule has 0 amide bonds. The highest BCUT2D eigenvalue weighted by Crippen LogP contribution is 2.25. The monoisotopic (exact) mass is 335 g/mol. The van der Waals surface area contributed by atoms with Crippen LogP contribution in [-0.2, 0) is 10.0 Å². The van der Waals surface area contributed by atoms with Crippen molar-refractivity contribution in [1.82, 2.24) is 9.46 Å². The number of hydrogen-bond donors (Lipinski definition) is 0. The molecule has 1 saturated heterocycles. The zero-order chi connectivity index (χ0) is 16.4. The zero-order valence-electron chi connectivity index (χ0n) is 13.4. The van der Waals surface area contributed by atoms with Crippen LogP contribution in [0.5, 0.6) is 0 Å². The van der Waals surface area contributed by atoms with E-state index in [0.29, 0.717) is 31.1 Å². The molecule has 1 fully saturated rings. The van der Waals surface area contributed by atoms with E-state index in [9.17, 15) is 8.42 Å². The van der Waals surface area contributed by atoms with Crippen molar-refractivity contribution in [2.75, 3.05) is 31.1 Å². The molecule has 3 rings (SSSR count). The Bertz CT molecular complexity index is 752. The van der Waals surface area contributed by atoms with Crippen molar-refractivity contribution in [2.24, 2.45) is 0 Å². The van der Waals surface area contributed by atoms with Gasteiger partial charge >= 0.3 is 0 Å². The molecule has 7 heteroatoms. The van der Waals surface area contributed by atoms with Gasteiger partial charge in [0.05, 0.1) is 0 Å². The lowest BCUT2D eigenvalue weighted by molar-refractivity contribution is 0.389. The maximum absolute atomic E-state index is 12.9. The predicted octanol–water partition coefficient (Wildman–Crippen LogP) is 2.19. The molecule has 2 heterocycles. The van der Waals surface area contributed by atoms with Gasteiger partial charge in [-0.2, -0.15) is 4.31 Å². The first-order valence-electron chi connectivity index (χ1n) is 7.73. The number of anilines is 1. The quantitative estimate of drug-likeness (QED) is 0.860. The van der Waals surface area contributed by atoms with Gasteiger partial charge in [0.15, 0.2) is 5.76 Å². The first kappa shape index (κ1) is 16.0.